The third kappa shape index (κ3) is 3.94. The Kier molecular flexibility index (Phi) is 5.07. The molecule has 3 aromatic rings. The maximum absolute atomic E-state index is 12.3. The number of pyridine rings is 1. The van der Waals surface area contributed by atoms with Crippen LogP contribution in [0.4, 0.5) is 5.69 Å². The molecule has 0 aliphatic carbocycles. The Morgan fingerprint density at radius 2 is 1.92 bits per heavy atom. The van der Waals surface area contributed by atoms with Gasteiger partial charge in [-0.1, -0.05) is 17.7 Å². The summed E-state index contributed by atoms with van der Waals surface area (Å²) < 4.78 is 0. The summed E-state index contributed by atoms with van der Waals surface area (Å²) in [6.45, 7) is 2.43. The van der Waals surface area contributed by atoms with Crippen molar-refractivity contribution in [1.82, 2.24) is 10.3 Å². The number of carbonyl (C=O) groups is 1. The average molecular weight is 349 g/mol. The van der Waals surface area contributed by atoms with E-state index < -0.39 is 0 Å². The fourth-order valence-corrected chi connectivity index (χ4v) is 2.90. The van der Waals surface area contributed by atoms with Crippen LogP contribution in [0.5, 0.6) is 0 Å². The molecule has 0 aliphatic heterocycles. The quantitative estimate of drug-likeness (QED) is 0.744. The number of nitrogens with one attached hydrogen (secondary N) is 2. The molecule has 1 aromatic heterocycles. The molecule has 0 radical (unpaired) electrons. The third-order valence-electron chi connectivity index (χ3n) is 4.38. The van der Waals surface area contributed by atoms with E-state index in [2.05, 4.69) is 10.3 Å². The highest BCUT2D eigenvalue weighted by Gasteiger charge is 2.08. The van der Waals surface area contributed by atoms with Gasteiger partial charge in [0.15, 0.2) is 0 Å². The molecule has 5 nitrogen and oxygen atoms in total. The van der Waals surface area contributed by atoms with Crippen LogP contribution >= 0.6 is 0 Å². The molecule has 1 amide bonds. The lowest BCUT2D eigenvalue weighted by Gasteiger charge is -2.13. The lowest BCUT2D eigenvalue weighted by Crippen LogP contribution is -2.27. The predicted octanol–water partition coefficient (Wildman–Crippen LogP) is 2.88. The second-order valence-corrected chi connectivity index (χ2v) is 6.67. The Labute approximate surface area is 152 Å². The number of aromatic nitrogens is 1. The van der Waals surface area contributed by atoms with Crippen LogP contribution in [0.25, 0.3) is 10.9 Å². The minimum Gasteiger partial charge on any atom is -0.378 e. The number of carbonyl (C=O) groups excluding carboxylic acids is 1. The molecule has 0 aliphatic rings. The standard InChI is InChI=1S/C21H23N3O2/c1-14-7-8-19-17(11-14)12-16(21(26)23-19)9-10-22-20(25)15-5-4-6-18(13-15)24(2)3/h4-8,11-13H,9-10H2,1-3H3,(H,22,25)(H,23,26). The molecule has 5 heteroatoms. The molecule has 2 N–H and O–H groups in total. The van der Waals surface area contributed by atoms with Crippen LogP contribution in [0.15, 0.2) is 53.3 Å². The van der Waals surface area contributed by atoms with Crippen molar-refractivity contribution >= 4 is 22.5 Å². The summed E-state index contributed by atoms with van der Waals surface area (Å²) in [5.41, 5.74) is 4.12. The number of fused-ring (bicyclic) bond motifs is 1. The summed E-state index contributed by atoms with van der Waals surface area (Å²) in [7, 11) is 3.87. The predicted molar refractivity (Wildman–Crippen MR) is 106 cm³/mol. The van der Waals surface area contributed by atoms with E-state index in [1.54, 1.807) is 6.07 Å². The smallest absolute Gasteiger partial charge is 0.251 e. The number of aromatic amines is 1. The zero-order valence-electron chi connectivity index (χ0n) is 15.3. The van der Waals surface area contributed by atoms with Crippen molar-refractivity contribution in [2.45, 2.75) is 13.3 Å². The number of hydrogen-bond acceptors (Lipinski definition) is 3. The minimum atomic E-state index is -0.137. The zero-order chi connectivity index (χ0) is 18.7. The molecular formula is C21H23N3O2. The van der Waals surface area contributed by atoms with E-state index >= 15 is 0 Å². The first-order chi connectivity index (χ1) is 12.4. The fraction of sp³-hybridized carbons (Fsp3) is 0.238. The van der Waals surface area contributed by atoms with E-state index in [0.29, 0.717) is 24.1 Å². The number of anilines is 1. The Bertz CT molecular complexity index is 1010. The van der Waals surface area contributed by atoms with E-state index in [1.165, 1.54) is 0 Å². The van der Waals surface area contributed by atoms with E-state index in [1.807, 2.05) is 68.4 Å². The third-order valence-corrected chi connectivity index (χ3v) is 4.38. The van der Waals surface area contributed by atoms with Gasteiger partial charge in [0.25, 0.3) is 11.5 Å². The second kappa shape index (κ2) is 7.44. The van der Waals surface area contributed by atoms with Crippen LogP contribution in [0, 0.1) is 6.92 Å². The number of aryl methyl sites for hydroxylation is 1. The van der Waals surface area contributed by atoms with Gasteiger partial charge in [0.2, 0.25) is 0 Å². The molecule has 134 valence electrons. The van der Waals surface area contributed by atoms with Crippen LogP contribution in [0.3, 0.4) is 0 Å². The molecule has 0 atom stereocenters. The van der Waals surface area contributed by atoms with Gasteiger partial charge in [-0.25, -0.2) is 0 Å². The number of H-pyrrole nitrogens is 1. The van der Waals surface area contributed by atoms with E-state index in [-0.39, 0.29) is 11.5 Å². The number of nitrogens with zero attached hydrogens (tertiary/aromatic N) is 1. The van der Waals surface area contributed by atoms with Crippen LogP contribution in [-0.2, 0) is 6.42 Å². The highest BCUT2D eigenvalue weighted by Crippen LogP contribution is 2.14. The molecule has 2 aromatic carbocycles. The van der Waals surface area contributed by atoms with Gasteiger partial charge in [0.1, 0.15) is 0 Å². The first-order valence-electron chi connectivity index (χ1n) is 8.62. The lowest BCUT2D eigenvalue weighted by molar-refractivity contribution is 0.0954. The summed E-state index contributed by atoms with van der Waals surface area (Å²) in [5, 5.41) is 3.89. The number of rotatable bonds is 5. The van der Waals surface area contributed by atoms with Gasteiger partial charge in [-0.05, 0) is 55.1 Å². The number of hydrogen-bond donors (Lipinski definition) is 2. The van der Waals surface area contributed by atoms with Gasteiger partial charge >= 0.3 is 0 Å². The Morgan fingerprint density at radius 1 is 1.12 bits per heavy atom. The molecule has 0 unspecified atom stereocenters. The lowest BCUT2D eigenvalue weighted by atomic mass is 10.1. The monoisotopic (exact) mass is 349 g/mol. The summed E-state index contributed by atoms with van der Waals surface area (Å²) in [6, 6.07) is 15.3. The minimum absolute atomic E-state index is 0.106. The normalized spacial score (nSPS) is 10.7. The molecule has 0 spiro atoms. The van der Waals surface area contributed by atoms with Crippen LogP contribution in [0.1, 0.15) is 21.5 Å². The SMILES string of the molecule is Cc1ccc2[nH]c(=O)c(CCNC(=O)c3cccc(N(C)C)c3)cc2c1. The largest absolute Gasteiger partial charge is 0.378 e. The van der Waals surface area contributed by atoms with Gasteiger partial charge in [0, 0.05) is 43.0 Å². The van der Waals surface area contributed by atoms with Crippen molar-refractivity contribution in [2.75, 3.05) is 25.5 Å². The topological polar surface area (TPSA) is 65.2 Å². The highest BCUT2D eigenvalue weighted by atomic mass is 16.1. The Hall–Kier alpha value is -3.08. The van der Waals surface area contributed by atoms with Crippen molar-refractivity contribution in [3.63, 3.8) is 0 Å². The molecule has 0 saturated heterocycles. The highest BCUT2D eigenvalue weighted by molar-refractivity contribution is 5.95. The van der Waals surface area contributed by atoms with Gasteiger partial charge in [-0.3, -0.25) is 9.59 Å². The maximum atomic E-state index is 12.3. The Balaban J connectivity index is 1.69. The van der Waals surface area contributed by atoms with E-state index in [0.717, 1.165) is 22.2 Å². The van der Waals surface area contributed by atoms with Crippen LogP contribution in [0.2, 0.25) is 0 Å². The Morgan fingerprint density at radius 3 is 2.69 bits per heavy atom. The summed E-state index contributed by atoms with van der Waals surface area (Å²) in [6.07, 6.45) is 0.484. The molecule has 0 bridgehead atoms. The summed E-state index contributed by atoms with van der Waals surface area (Å²) in [4.78, 5) is 29.4. The molecular weight excluding hydrogens is 326 g/mol. The van der Waals surface area contributed by atoms with Crippen molar-refractivity contribution < 1.29 is 4.79 Å². The first-order valence-corrected chi connectivity index (χ1v) is 8.62. The molecule has 26 heavy (non-hydrogen) atoms. The molecule has 3 rings (SSSR count). The van der Waals surface area contributed by atoms with Crippen molar-refractivity contribution in [1.29, 1.82) is 0 Å². The first kappa shape index (κ1) is 17.7. The molecule has 1 heterocycles. The molecule has 0 fully saturated rings. The van der Waals surface area contributed by atoms with Crippen LogP contribution in [-0.4, -0.2) is 31.5 Å². The van der Waals surface area contributed by atoms with Gasteiger partial charge in [-0.2, -0.15) is 0 Å². The van der Waals surface area contributed by atoms with Gasteiger partial charge < -0.3 is 15.2 Å². The fourth-order valence-electron chi connectivity index (χ4n) is 2.90. The average Bonchev–Trinajstić information content (AvgIpc) is 2.62. The van der Waals surface area contributed by atoms with Gasteiger partial charge in [0.05, 0.1) is 0 Å². The summed E-state index contributed by atoms with van der Waals surface area (Å²) in [5.74, 6) is -0.137. The van der Waals surface area contributed by atoms with E-state index in [4.69, 9.17) is 0 Å². The number of amides is 1. The van der Waals surface area contributed by atoms with Gasteiger partial charge in [-0.15, -0.1) is 0 Å². The van der Waals surface area contributed by atoms with E-state index in [9.17, 15) is 9.59 Å². The molecule has 0 saturated carbocycles. The second-order valence-electron chi connectivity index (χ2n) is 6.67. The van der Waals surface area contributed by atoms with Crippen molar-refractivity contribution in [2.24, 2.45) is 0 Å². The zero-order valence-corrected chi connectivity index (χ0v) is 15.3. The summed E-state index contributed by atoms with van der Waals surface area (Å²) >= 11 is 0. The maximum Gasteiger partial charge on any atom is 0.251 e. The number of benzene rings is 2. The van der Waals surface area contributed by atoms with Crippen LogP contribution < -0.4 is 15.8 Å². The van der Waals surface area contributed by atoms with Crippen molar-refractivity contribution in [3.05, 3.63) is 75.6 Å². The van der Waals surface area contributed by atoms with Crippen molar-refractivity contribution in [3.8, 4) is 0 Å².